The molecule has 1 aromatic heterocycles. The maximum atomic E-state index is 12.5. The molecule has 138 valence electrons. The van der Waals surface area contributed by atoms with Crippen molar-refractivity contribution in [2.24, 2.45) is 0 Å². The first-order valence-electron chi connectivity index (χ1n) is 7.42. The van der Waals surface area contributed by atoms with Crippen molar-refractivity contribution in [3.63, 3.8) is 0 Å². The Morgan fingerprint density at radius 2 is 1.92 bits per heavy atom. The van der Waals surface area contributed by atoms with Crippen molar-refractivity contribution in [1.82, 2.24) is 10.3 Å². The maximum Gasteiger partial charge on any atom is 0.264 e. The molecule has 2 N–H and O–H groups in total. The summed E-state index contributed by atoms with van der Waals surface area (Å²) in [6.07, 6.45) is 0. The molecule has 11 heteroatoms. The number of nitrogens with one attached hydrogen (secondary N) is 2. The molecule has 1 aliphatic heterocycles. The van der Waals surface area contributed by atoms with Crippen molar-refractivity contribution in [3.8, 4) is 0 Å². The molecule has 0 bridgehead atoms. The van der Waals surface area contributed by atoms with E-state index in [4.69, 9.17) is 34.8 Å². The summed E-state index contributed by atoms with van der Waals surface area (Å²) in [4.78, 5) is 16.9. The molecule has 1 amide bonds. The van der Waals surface area contributed by atoms with Gasteiger partial charge in [-0.25, -0.2) is 13.4 Å². The molecule has 1 aromatic carbocycles. The summed E-state index contributed by atoms with van der Waals surface area (Å²) in [6.45, 7) is 1.32. The van der Waals surface area contributed by atoms with E-state index in [0.29, 0.717) is 23.8 Å². The molecule has 2 heterocycles. The zero-order valence-electron chi connectivity index (χ0n) is 13.2. The van der Waals surface area contributed by atoms with E-state index < -0.39 is 10.0 Å². The first kappa shape index (κ1) is 19.0. The van der Waals surface area contributed by atoms with Crippen LogP contribution in [-0.4, -0.2) is 38.9 Å². The quantitative estimate of drug-likeness (QED) is 0.721. The normalized spacial score (nSPS) is 14.9. The molecule has 2 aromatic rings. The third-order valence-corrected chi connectivity index (χ3v) is 5.98. The number of hydrogen-bond acceptors (Lipinski definition) is 5. The lowest BCUT2D eigenvalue weighted by Crippen LogP contribution is -2.47. The van der Waals surface area contributed by atoms with E-state index in [1.165, 1.54) is 18.2 Å². The lowest BCUT2D eigenvalue weighted by atomic mass is 10.2. The molecule has 0 aliphatic carbocycles. The van der Waals surface area contributed by atoms with Gasteiger partial charge in [0.1, 0.15) is 10.0 Å². The number of nitrogens with zero attached hydrogens (tertiary/aromatic N) is 2. The van der Waals surface area contributed by atoms with Crippen LogP contribution in [0.15, 0.2) is 35.2 Å². The van der Waals surface area contributed by atoms with Gasteiger partial charge in [0.15, 0.2) is 5.15 Å². The number of hydrogen-bond donors (Lipinski definition) is 2. The van der Waals surface area contributed by atoms with E-state index in [0.717, 1.165) is 0 Å². The number of halogens is 3. The van der Waals surface area contributed by atoms with Crippen LogP contribution < -0.4 is 14.9 Å². The van der Waals surface area contributed by atoms with Gasteiger partial charge in [-0.1, -0.05) is 34.8 Å². The highest BCUT2D eigenvalue weighted by Gasteiger charge is 2.22. The zero-order valence-corrected chi connectivity index (χ0v) is 16.3. The van der Waals surface area contributed by atoms with E-state index >= 15 is 0 Å². The summed E-state index contributed by atoms with van der Waals surface area (Å²) >= 11 is 17.8. The van der Waals surface area contributed by atoms with Crippen molar-refractivity contribution in [2.45, 2.75) is 4.90 Å². The Kier molecular flexibility index (Phi) is 5.47. The minimum Gasteiger partial charge on any atom is -0.359 e. The second-order valence-corrected chi connectivity index (χ2v) is 8.27. The van der Waals surface area contributed by atoms with Crippen LogP contribution in [0.3, 0.4) is 0 Å². The molecular formula is C15H13Cl3N4O3S. The smallest absolute Gasteiger partial charge is 0.264 e. The number of benzene rings is 1. The molecule has 0 radical (unpaired) electrons. The number of rotatable bonds is 4. The molecular weight excluding hydrogens is 423 g/mol. The molecule has 7 nitrogen and oxygen atoms in total. The standard InChI is InChI=1S/C15H13Cl3N4O3S/c16-10-7-9(1-2-11(10)22-6-5-19-14(23)8-22)21-26(24,25)12-3-4-13(17)20-15(12)18/h1-4,7,21H,5-6,8H2,(H,19,23). The number of sulfonamides is 1. The van der Waals surface area contributed by atoms with Gasteiger partial charge >= 0.3 is 0 Å². The third-order valence-electron chi connectivity index (χ3n) is 3.65. The predicted octanol–water partition coefficient (Wildman–Crippen LogP) is 2.78. The highest BCUT2D eigenvalue weighted by molar-refractivity contribution is 7.92. The first-order valence-corrected chi connectivity index (χ1v) is 10.0. The molecule has 0 saturated carbocycles. The lowest BCUT2D eigenvalue weighted by molar-refractivity contribution is -0.120. The fourth-order valence-electron chi connectivity index (χ4n) is 2.48. The molecule has 0 atom stereocenters. The fraction of sp³-hybridized carbons (Fsp3) is 0.200. The van der Waals surface area contributed by atoms with Gasteiger partial charge in [-0.05, 0) is 30.3 Å². The SMILES string of the molecule is O=C1CN(c2ccc(NS(=O)(=O)c3ccc(Cl)nc3Cl)cc2Cl)CCN1. The predicted molar refractivity (Wildman–Crippen MR) is 102 cm³/mol. The second kappa shape index (κ2) is 7.48. The lowest BCUT2D eigenvalue weighted by Gasteiger charge is -2.29. The zero-order chi connectivity index (χ0) is 18.9. The minimum atomic E-state index is -3.96. The Morgan fingerprint density at radius 1 is 1.15 bits per heavy atom. The van der Waals surface area contributed by atoms with Crippen molar-refractivity contribution in [1.29, 1.82) is 0 Å². The van der Waals surface area contributed by atoms with Crippen LogP contribution >= 0.6 is 34.8 Å². The monoisotopic (exact) mass is 434 g/mol. The average Bonchev–Trinajstić information content (AvgIpc) is 2.54. The number of carbonyl (C=O) groups excluding carboxylic acids is 1. The van der Waals surface area contributed by atoms with Gasteiger partial charge in [-0.2, -0.15) is 0 Å². The number of carbonyl (C=O) groups is 1. The Bertz CT molecular complexity index is 969. The van der Waals surface area contributed by atoms with E-state index in [1.807, 2.05) is 4.90 Å². The molecule has 1 aliphatic rings. The van der Waals surface area contributed by atoms with Crippen molar-refractivity contribution >= 4 is 62.1 Å². The maximum absolute atomic E-state index is 12.5. The molecule has 3 rings (SSSR count). The number of amides is 1. The summed E-state index contributed by atoms with van der Waals surface area (Å²) in [5, 5.41) is 2.91. The highest BCUT2D eigenvalue weighted by atomic mass is 35.5. The van der Waals surface area contributed by atoms with Crippen LogP contribution in [0.4, 0.5) is 11.4 Å². The van der Waals surface area contributed by atoms with Crippen molar-refractivity contribution in [2.75, 3.05) is 29.3 Å². The molecule has 1 fully saturated rings. The van der Waals surface area contributed by atoms with E-state index in [1.54, 1.807) is 12.1 Å². The van der Waals surface area contributed by atoms with Gasteiger partial charge in [0.05, 0.1) is 22.9 Å². The summed E-state index contributed by atoms with van der Waals surface area (Å²) < 4.78 is 27.4. The van der Waals surface area contributed by atoms with Gasteiger partial charge in [-0.15, -0.1) is 0 Å². The summed E-state index contributed by atoms with van der Waals surface area (Å²) in [5.41, 5.74) is 0.905. The Balaban J connectivity index is 1.84. The van der Waals surface area contributed by atoms with E-state index in [-0.39, 0.29) is 33.3 Å². The van der Waals surface area contributed by atoms with Gasteiger partial charge in [0.25, 0.3) is 10.0 Å². The summed E-state index contributed by atoms with van der Waals surface area (Å²) in [7, 11) is -3.96. The van der Waals surface area contributed by atoms with Crippen LogP contribution in [0.5, 0.6) is 0 Å². The summed E-state index contributed by atoms with van der Waals surface area (Å²) in [5.74, 6) is -0.0954. The minimum absolute atomic E-state index is 0.0897. The Morgan fingerprint density at radius 3 is 2.58 bits per heavy atom. The number of aromatic nitrogens is 1. The molecule has 0 spiro atoms. The van der Waals surface area contributed by atoms with Crippen LogP contribution in [-0.2, 0) is 14.8 Å². The number of piperazine rings is 1. The van der Waals surface area contributed by atoms with Crippen LogP contribution in [0.25, 0.3) is 0 Å². The largest absolute Gasteiger partial charge is 0.359 e. The third kappa shape index (κ3) is 4.15. The van der Waals surface area contributed by atoms with Crippen LogP contribution in [0, 0.1) is 0 Å². The van der Waals surface area contributed by atoms with Gasteiger partial charge in [-0.3, -0.25) is 9.52 Å². The van der Waals surface area contributed by atoms with Gasteiger partial charge < -0.3 is 10.2 Å². The molecule has 1 saturated heterocycles. The topological polar surface area (TPSA) is 91.4 Å². The number of anilines is 2. The van der Waals surface area contributed by atoms with Crippen LogP contribution in [0.1, 0.15) is 0 Å². The van der Waals surface area contributed by atoms with Gasteiger partial charge in [0.2, 0.25) is 5.91 Å². The van der Waals surface area contributed by atoms with Crippen molar-refractivity contribution < 1.29 is 13.2 Å². The Labute approximate surface area is 165 Å². The highest BCUT2D eigenvalue weighted by Crippen LogP contribution is 2.31. The summed E-state index contributed by atoms with van der Waals surface area (Å²) in [6, 6.07) is 7.28. The average molecular weight is 436 g/mol. The second-order valence-electron chi connectivity index (χ2n) is 5.47. The van der Waals surface area contributed by atoms with E-state index in [2.05, 4.69) is 15.0 Å². The van der Waals surface area contributed by atoms with E-state index in [9.17, 15) is 13.2 Å². The van der Waals surface area contributed by atoms with Crippen LogP contribution in [0.2, 0.25) is 15.3 Å². The van der Waals surface area contributed by atoms with Gasteiger partial charge in [0, 0.05) is 13.1 Å². The van der Waals surface area contributed by atoms with Crippen molar-refractivity contribution in [3.05, 3.63) is 45.7 Å². The molecule has 26 heavy (non-hydrogen) atoms. The molecule has 0 unspecified atom stereocenters. The number of pyridine rings is 1. The fourth-order valence-corrected chi connectivity index (χ4v) is 4.49. The first-order chi connectivity index (χ1) is 12.3. The Hall–Kier alpha value is -1.74.